The van der Waals surface area contributed by atoms with Gasteiger partial charge in [-0.1, -0.05) is 0 Å². The quantitative estimate of drug-likeness (QED) is 0.302. The molecule has 0 heterocycles. The summed E-state index contributed by atoms with van der Waals surface area (Å²) in [5.74, 6) is 3.01. The second-order valence-corrected chi connectivity index (χ2v) is 5.44. The normalized spacial score (nSPS) is 8.58. The third-order valence-electron chi connectivity index (χ3n) is 3.06. The van der Waals surface area contributed by atoms with Crippen LogP contribution in [-0.4, -0.2) is 43.6 Å². The highest BCUT2D eigenvalue weighted by atomic mass is 35.5. The van der Waals surface area contributed by atoms with Gasteiger partial charge >= 0.3 is 0 Å². The molecule has 0 aromatic heterocycles. The first-order chi connectivity index (χ1) is 13.4. The number of nitrogens with two attached hydrogens (primary N) is 2. The van der Waals surface area contributed by atoms with Crippen LogP contribution in [0.4, 0.5) is 0 Å². The summed E-state index contributed by atoms with van der Waals surface area (Å²) < 4.78 is 20.9. The van der Waals surface area contributed by atoms with E-state index in [2.05, 4.69) is 0 Å². The van der Waals surface area contributed by atoms with Crippen LogP contribution in [0.15, 0.2) is 48.5 Å². The Morgan fingerprint density at radius 1 is 0.613 bits per heavy atom. The van der Waals surface area contributed by atoms with Crippen molar-refractivity contribution in [2.24, 2.45) is 11.5 Å². The lowest BCUT2D eigenvalue weighted by Gasteiger charge is -2.06. The maximum absolute atomic E-state index is 6.98. The van der Waals surface area contributed by atoms with Gasteiger partial charge in [-0.2, -0.15) is 0 Å². The zero-order valence-corrected chi connectivity index (χ0v) is 19.2. The molecule has 2 aromatic rings. The molecular weight excluding hydrogens is 447 g/mol. The summed E-state index contributed by atoms with van der Waals surface area (Å²) in [5, 5.41) is 14.0. The molecule has 2 aromatic carbocycles. The second kappa shape index (κ2) is 19.1. The molecule has 0 fully saturated rings. The van der Waals surface area contributed by atoms with Gasteiger partial charge in [-0.05, 0) is 62.4 Å². The van der Waals surface area contributed by atoms with E-state index in [9.17, 15) is 0 Å². The Bertz CT molecular complexity index is 668. The average molecular weight is 479 g/mol. The van der Waals surface area contributed by atoms with Crippen LogP contribution in [0.25, 0.3) is 0 Å². The molecule has 0 saturated carbocycles. The molecule has 11 heteroatoms. The highest BCUT2D eigenvalue weighted by Gasteiger charge is 1.97. The summed E-state index contributed by atoms with van der Waals surface area (Å²) in [6.07, 6.45) is 0. The Kier molecular flexibility index (Phi) is 20.2. The van der Waals surface area contributed by atoms with Crippen LogP contribution < -0.4 is 30.4 Å². The van der Waals surface area contributed by atoms with Gasteiger partial charge in [0, 0.05) is 0 Å². The van der Waals surface area contributed by atoms with E-state index in [1.807, 2.05) is 38.1 Å². The fourth-order valence-corrected chi connectivity index (χ4v) is 1.92. The number of nitrogens with one attached hydrogen (secondary N) is 2. The molecule has 0 aliphatic carbocycles. The van der Waals surface area contributed by atoms with Crippen molar-refractivity contribution >= 4 is 36.5 Å². The number of hydrogen-bond donors (Lipinski definition) is 4. The molecule has 0 atom stereocenters. The number of hydrogen-bond acceptors (Lipinski definition) is 6. The third-order valence-corrected chi connectivity index (χ3v) is 3.06. The fourth-order valence-electron chi connectivity index (χ4n) is 1.92. The number of amidine groups is 2. The monoisotopic (exact) mass is 478 g/mol. The van der Waals surface area contributed by atoms with Crippen molar-refractivity contribution < 1.29 is 24.4 Å². The molecule has 176 valence electrons. The van der Waals surface area contributed by atoms with Gasteiger partial charge in [-0.15, -0.1) is 24.8 Å². The first-order valence-electron chi connectivity index (χ1n) is 8.81. The molecule has 0 spiro atoms. The third kappa shape index (κ3) is 15.6. The Morgan fingerprint density at radius 2 is 0.839 bits per heavy atom. The lowest BCUT2D eigenvalue weighted by atomic mass is 10.3. The van der Waals surface area contributed by atoms with Gasteiger partial charge in [0.2, 0.25) is 0 Å². The standard InChI is InChI=1S/2C10H14N2O2.2ClH.H2O/c2*1-2-13-8-3-5-9(6-4-8)14-7-10(11)12;;;/h2*3-6H,2,7H2,1H3,(H3,11,12);2*1H;1H2. The Hall–Kier alpha value is -2.88. The zero-order valence-electron chi connectivity index (χ0n) is 17.6. The summed E-state index contributed by atoms with van der Waals surface area (Å²) in [5.41, 5.74) is 10.3. The minimum Gasteiger partial charge on any atom is -0.494 e. The molecule has 2 rings (SSSR count). The lowest BCUT2D eigenvalue weighted by molar-refractivity contribution is 0.337. The minimum atomic E-state index is 0. The van der Waals surface area contributed by atoms with E-state index in [-0.39, 0.29) is 55.2 Å². The second-order valence-electron chi connectivity index (χ2n) is 5.44. The Balaban J connectivity index is -0.000000461. The molecule has 0 aliphatic heterocycles. The van der Waals surface area contributed by atoms with Gasteiger partial charge in [0.25, 0.3) is 0 Å². The summed E-state index contributed by atoms with van der Waals surface area (Å²) in [7, 11) is 0. The highest BCUT2D eigenvalue weighted by molar-refractivity contribution is 5.85. The smallest absolute Gasteiger partial charge is 0.145 e. The SMILES string of the molecule is CCOc1ccc(OCC(=N)N)cc1.CCOc1ccc(OCC(=N)N)cc1.Cl.Cl.O. The summed E-state index contributed by atoms with van der Waals surface area (Å²) in [4.78, 5) is 0. The van der Waals surface area contributed by atoms with E-state index >= 15 is 0 Å². The van der Waals surface area contributed by atoms with E-state index in [0.29, 0.717) is 24.7 Å². The van der Waals surface area contributed by atoms with Crippen LogP contribution in [-0.2, 0) is 0 Å². The summed E-state index contributed by atoms with van der Waals surface area (Å²) >= 11 is 0. The number of benzene rings is 2. The van der Waals surface area contributed by atoms with Crippen molar-refractivity contribution in [1.82, 2.24) is 0 Å². The minimum absolute atomic E-state index is 0. The first kappa shape index (κ1) is 32.8. The molecule has 9 nitrogen and oxygen atoms in total. The van der Waals surface area contributed by atoms with Crippen LogP contribution >= 0.6 is 24.8 Å². The van der Waals surface area contributed by atoms with Crippen LogP contribution in [0.3, 0.4) is 0 Å². The van der Waals surface area contributed by atoms with Gasteiger partial charge < -0.3 is 35.9 Å². The predicted molar refractivity (Wildman–Crippen MR) is 128 cm³/mol. The van der Waals surface area contributed by atoms with Crippen molar-refractivity contribution in [3.05, 3.63) is 48.5 Å². The maximum Gasteiger partial charge on any atom is 0.145 e. The van der Waals surface area contributed by atoms with E-state index in [4.69, 9.17) is 41.2 Å². The first-order valence-corrected chi connectivity index (χ1v) is 8.81. The summed E-state index contributed by atoms with van der Waals surface area (Å²) in [6, 6.07) is 14.4. The van der Waals surface area contributed by atoms with Crippen molar-refractivity contribution in [3.8, 4) is 23.0 Å². The number of halogens is 2. The predicted octanol–water partition coefficient (Wildman–Crippen LogP) is 2.82. The maximum atomic E-state index is 6.98. The van der Waals surface area contributed by atoms with E-state index in [0.717, 1.165) is 11.5 Å². The number of ether oxygens (including phenoxy) is 4. The van der Waals surface area contributed by atoms with E-state index in [1.54, 1.807) is 24.3 Å². The van der Waals surface area contributed by atoms with E-state index in [1.165, 1.54) is 0 Å². The molecule has 0 amide bonds. The fraction of sp³-hybridized carbons (Fsp3) is 0.300. The molecule has 0 aliphatic rings. The van der Waals surface area contributed by atoms with Gasteiger partial charge in [-0.25, -0.2) is 0 Å². The Morgan fingerprint density at radius 3 is 1.03 bits per heavy atom. The highest BCUT2D eigenvalue weighted by Crippen LogP contribution is 2.18. The van der Waals surface area contributed by atoms with Crippen LogP contribution in [0.1, 0.15) is 13.8 Å². The van der Waals surface area contributed by atoms with Crippen molar-refractivity contribution in [2.75, 3.05) is 26.4 Å². The zero-order chi connectivity index (χ0) is 20.8. The lowest BCUT2D eigenvalue weighted by Crippen LogP contribution is -2.19. The molecule has 0 radical (unpaired) electrons. The van der Waals surface area contributed by atoms with Crippen molar-refractivity contribution in [1.29, 1.82) is 10.8 Å². The van der Waals surface area contributed by atoms with Crippen molar-refractivity contribution in [3.63, 3.8) is 0 Å². The summed E-state index contributed by atoms with van der Waals surface area (Å²) in [6.45, 7) is 5.39. The van der Waals surface area contributed by atoms with Crippen LogP contribution in [0.5, 0.6) is 23.0 Å². The van der Waals surface area contributed by atoms with Gasteiger partial charge in [0.05, 0.1) is 13.2 Å². The molecule has 0 bridgehead atoms. The van der Waals surface area contributed by atoms with E-state index < -0.39 is 0 Å². The largest absolute Gasteiger partial charge is 0.494 e. The van der Waals surface area contributed by atoms with Crippen LogP contribution in [0, 0.1) is 10.8 Å². The average Bonchev–Trinajstić information content (AvgIpc) is 2.68. The van der Waals surface area contributed by atoms with Gasteiger partial charge in [-0.3, -0.25) is 10.8 Å². The van der Waals surface area contributed by atoms with Gasteiger partial charge in [0.1, 0.15) is 47.9 Å². The van der Waals surface area contributed by atoms with Gasteiger partial charge in [0.15, 0.2) is 0 Å². The molecule has 0 unspecified atom stereocenters. The molecule has 31 heavy (non-hydrogen) atoms. The van der Waals surface area contributed by atoms with Crippen LogP contribution in [0.2, 0.25) is 0 Å². The van der Waals surface area contributed by atoms with Crippen molar-refractivity contribution in [2.45, 2.75) is 13.8 Å². The Labute approximate surface area is 195 Å². The molecular formula is C20H32Cl2N4O5. The number of rotatable bonds is 10. The molecule has 0 saturated heterocycles. The molecule has 8 N–H and O–H groups in total. The topological polar surface area (TPSA) is 168 Å².